The maximum Gasteiger partial charge on any atom is 0.276 e. The number of halogens is 1. The second kappa shape index (κ2) is 5.87. The zero-order valence-electron chi connectivity index (χ0n) is 11.7. The summed E-state index contributed by atoms with van der Waals surface area (Å²) in [6.45, 7) is 4.30. The molecule has 1 aliphatic rings. The maximum atomic E-state index is 12.5. The molecule has 6 heteroatoms. The lowest BCUT2D eigenvalue weighted by Gasteiger charge is -2.33. The van der Waals surface area contributed by atoms with E-state index in [-0.39, 0.29) is 11.9 Å². The Hall–Kier alpha value is -1.85. The summed E-state index contributed by atoms with van der Waals surface area (Å²) in [5.74, 6) is 0.478. The second-order valence-electron chi connectivity index (χ2n) is 5.13. The van der Waals surface area contributed by atoms with Crippen LogP contribution < -0.4 is 5.32 Å². The highest BCUT2D eigenvalue weighted by atomic mass is 35.5. The number of aromatic nitrogens is 1. The molecule has 1 saturated heterocycles. The fourth-order valence-corrected chi connectivity index (χ4v) is 2.54. The number of hydrogen-bond donors (Lipinski definition) is 1. The minimum atomic E-state index is -0.0898. The number of carbonyl (C=O) groups is 1. The molecule has 0 spiro atoms. The summed E-state index contributed by atoms with van der Waals surface area (Å²) in [6.07, 6.45) is 0. The molecule has 1 aromatic heterocycles. The van der Waals surface area contributed by atoms with Gasteiger partial charge in [0.2, 0.25) is 0 Å². The standard InChI is InChI=1S/C15H16ClN3O2/c1-10-9-17-6-7-19(10)15(20)13-8-14(21-18-13)11-2-4-12(16)5-3-11/h2-5,8,10,17H,6-7,9H2,1H3/t10-/m0/s1. The van der Waals surface area contributed by atoms with Crippen LogP contribution in [0.5, 0.6) is 0 Å². The van der Waals surface area contributed by atoms with Gasteiger partial charge < -0.3 is 14.7 Å². The Bertz CT molecular complexity index is 639. The van der Waals surface area contributed by atoms with E-state index in [1.54, 1.807) is 18.2 Å². The number of piperazine rings is 1. The Morgan fingerprint density at radius 2 is 2.19 bits per heavy atom. The van der Waals surface area contributed by atoms with Crippen LogP contribution in [0.15, 0.2) is 34.9 Å². The molecule has 2 heterocycles. The van der Waals surface area contributed by atoms with E-state index in [1.807, 2.05) is 24.0 Å². The van der Waals surface area contributed by atoms with Gasteiger partial charge in [-0.2, -0.15) is 0 Å². The van der Waals surface area contributed by atoms with E-state index >= 15 is 0 Å². The lowest BCUT2D eigenvalue weighted by atomic mass is 10.1. The van der Waals surface area contributed by atoms with Crippen molar-refractivity contribution in [1.82, 2.24) is 15.4 Å². The van der Waals surface area contributed by atoms with Crippen LogP contribution in [0.25, 0.3) is 11.3 Å². The zero-order valence-corrected chi connectivity index (χ0v) is 12.4. The fourth-order valence-electron chi connectivity index (χ4n) is 2.42. The number of amides is 1. The van der Waals surface area contributed by atoms with Gasteiger partial charge in [-0.15, -0.1) is 0 Å². The van der Waals surface area contributed by atoms with Crippen LogP contribution in [0.3, 0.4) is 0 Å². The molecule has 0 unspecified atom stereocenters. The molecular weight excluding hydrogens is 290 g/mol. The average molecular weight is 306 g/mol. The Morgan fingerprint density at radius 3 is 2.90 bits per heavy atom. The van der Waals surface area contributed by atoms with E-state index < -0.39 is 0 Å². The first-order valence-electron chi connectivity index (χ1n) is 6.89. The Morgan fingerprint density at radius 1 is 1.43 bits per heavy atom. The number of nitrogens with one attached hydrogen (secondary N) is 1. The Labute approximate surface area is 127 Å². The van der Waals surface area contributed by atoms with Crippen LogP contribution in [-0.4, -0.2) is 41.6 Å². The third-order valence-corrected chi connectivity index (χ3v) is 3.87. The summed E-state index contributed by atoms with van der Waals surface area (Å²) in [4.78, 5) is 14.3. The van der Waals surface area contributed by atoms with Crippen LogP contribution >= 0.6 is 11.6 Å². The van der Waals surface area contributed by atoms with Crippen molar-refractivity contribution < 1.29 is 9.32 Å². The first-order valence-corrected chi connectivity index (χ1v) is 7.27. The van der Waals surface area contributed by atoms with E-state index in [1.165, 1.54) is 0 Å². The predicted molar refractivity (Wildman–Crippen MR) is 80.3 cm³/mol. The lowest BCUT2D eigenvalue weighted by Crippen LogP contribution is -2.52. The van der Waals surface area contributed by atoms with Crippen molar-refractivity contribution in [3.05, 3.63) is 41.0 Å². The predicted octanol–water partition coefficient (Wildman–Crippen LogP) is 2.43. The molecular formula is C15H16ClN3O2. The van der Waals surface area contributed by atoms with E-state index in [0.29, 0.717) is 23.0 Å². The molecule has 1 atom stereocenters. The van der Waals surface area contributed by atoms with Crippen molar-refractivity contribution >= 4 is 17.5 Å². The van der Waals surface area contributed by atoms with Crippen LogP contribution in [0.4, 0.5) is 0 Å². The number of nitrogens with zero attached hydrogens (tertiary/aromatic N) is 2. The van der Waals surface area contributed by atoms with Gasteiger partial charge in [-0.3, -0.25) is 4.79 Å². The molecule has 5 nitrogen and oxygen atoms in total. The summed E-state index contributed by atoms with van der Waals surface area (Å²) in [7, 11) is 0. The van der Waals surface area contributed by atoms with Gasteiger partial charge in [0, 0.05) is 42.3 Å². The van der Waals surface area contributed by atoms with Crippen LogP contribution in [-0.2, 0) is 0 Å². The summed E-state index contributed by atoms with van der Waals surface area (Å²) in [6, 6.07) is 9.07. The lowest BCUT2D eigenvalue weighted by molar-refractivity contribution is 0.0645. The number of benzene rings is 1. The van der Waals surface area contributed by atoms with Crippen molar-refractivity contribution in [2.75, 3.05) is 19.6 Å². The molecule has 0 radical (unpaired) electrons. The number of rotatable bonds is 2. The third-order valence-electron chi connectivity index (χ3n) is 3.62. The largest absolute Gasteiger partial charge is 0.355 e. The Balaban J connectivity index is 1.81. The molecule has 1 N–H and O–H groups in total. The molecule has 1 fully saturated rings. The first-order chi connectivity index (χ1) is 10.1. The molecule has 1 aromatic carbocycles. The molecule has 110 valence electrons. The molecule has 1 amide bonds. The van der Waals surface area contributed by atoms with Crippen molar-refractivity contribution in [1.29, 1.82) is 0 Å². The van der Waals surface area contributed by atoms with Crippen LogP contribution in [0, 0.1) is 0 Å². The molecule has 2 aromatic rings. The average Bonchev–Trinajstić information content (AvgIpc) is 2.98. The van der Waals surface area contributed by atoms with Gasteiger partial charge in [-0.25, -0.2) is 0 Å². The molecule has 21 heavy (non-hydrogen) atoms. The van der Waals surface area contributed by atoms with Gasteiger partial charge in [0.25, 0.3) is 5.91 Å². The first kappa shape index (κ1) is 14.1. The van der Waals surface area contributed by atoms with Crippen LogP contribution in [0.1, 0.15) is 17.4 Å². The van der Waals surface area contributed by atoms with Gasteiger partial charge in [0.15, 0.2) is 11.5 Å². The van der Waals surface area contributed by atoms with Gasteiger partial charge in [0.1, 0.15) is 0 Å². The minimum absolute atomic E-state index is 0.0898. The van der Waals surface area contributed by atoms with E-state index in [9.17, 15) is 4.79 Å². The monoisotopic (exact) mass is 305 g/mol. The Kier molecular flexibility index (Phi) is 3.94. The maximum absolute atomic E-state index is 12.5. The highest BCUT2D eigenvalue weighted by Gasteiger charge is 2.26. The summed E-state index contributed by atoms with van der Waals surface area (Å²) < 4.78 is 5.28. The topological polar surface area (TPSA) is 58.4 Å². The van der Waals surface area contributed by atoms with E-state index in [4.69, 9.17) is 16.1 Å². The summed E-state index contributed by atoms with van der Waals surface area (Å²) in [5, 5.41) is 7.82. The smallest absolute Gasteiger partial charge is 0.276 e. The zero-order chi connectivity index (χ0) is 14.8. The molecule has 3 rings (SSSR count). The number of carbonyl (C=O) groups excluding carboxylic acids is 1. The molecule has 0 aliphatic carbocycles. The number of hydrogen-bond acceptors (Lipinski definition) is 4. The van der Waals surface area contributed by atoms with Gasteiger partial charge >= 0.3 is 0 Å². The normalized spacial score (nSPS) is 18.8. The minimum Gasteiger partial charge on any atom is -0.355 e. The molecule has 0 bridgehead atoms. The van der Waals surface area contributed by atoms with E-state index in [2.05, 4.69) is 10.5 Å². The summed E-state index contributed by atoms with van der Waals surface area (Å²) in [5.41, 5.74) is 1.19. The second-order valence-corrected chi connectivity index (χ2v) is 5.57. The van der Waals surface area contributed by atoms with Crippen molar-refractivity contribution in [3.8, 4) is 11.3 Å². The molecule has 1 aliphatic heterocycles. The van der Waals surface area contributed by atoms with Gasteiger partial charge in [-0.05, 0) is 31.2 Å². The van der Waals surface area contributed by atoms with Crippen LogP contribution in [0.2, 0.25) is 5.02 Å². The molecule has 0 saturated carbocycles. The fraction of sp³-hybridized carbons (Fsp3) is 0.333. The van der Waals surface area contributed by atoms with E-state index in [0.717, 1.165) is 18.7 Å². The summed E-state index contributed by atoms with van der Waals surface area (Å²) >= 11 is 5.86. The highest BCUT2D eigenvalue weighted by molar-refractivity contribution is 6.30. The van der Waals surface area contributed by atoms with Crippen molar-refractivity contribution in [2.24, 2.45) is 0 Å². The highest BCUT2D eigenvalue weighted by Crippen LogP contribution is 2.23. The SMILES string of the molecule is C[C@H]1CNCCN1C(=O)c1cc(-c2ccc(Cl)cc2)on1. The third kappa shape index (κ3) is 2.94. The van der Waals surface area contributed by atoms with Crippen molar-refractivity contribution in [3.63, 3.8) is 0 Å². The van der Waals surface area contributed by atoms with Gasteiger partial charge in [0.05, 0.1) is 0 Å². The van der Waals surface area contributed by atoms with Gasteiger partial charge in [-0.1, -0.05) is 16.8 Å². The van der Waals surface area contributed by atoms with Crippen molar-refractivity contribution in [2.45, 2.75) is 13.0 Å². The quantitative estimate of drug-likeness (QED) is 0.926.